The Hall–Kier alpha value is -1.75. The number of aryl methyl sites for hydroxylation is 1. The highest BCUT2D eigenvalue weighted by Crippen LogP contribution is 2.19. The Morgan fingerprint density at radius 3 is 2.71 bits per heavy atom. The van der Waals surface area contributed by atoms with Gasteiger partial charge in [-0.15, -0.1) is 0 Å². The Labute approximate surface area is 102 Å². The van der Waals surface area contributed by atoms with Crippen molar-refractivity contribution in [3.05, 3.63) is 48.0 Å². The minimum atomic E-state index is -1.21. The molecule has 0 radical (unpaired) electrons. The molecule has 0 spiro atoms. The smallest absolute Gasteiger partial charge is 0.141 e. The highest BCUT2D eigenvalue weighted by molar-refractivity contribution is 7.84. The average Bonchev–Trinajstić information content (AvgIpc) is 2.33. The molecule has 1 atom stereocenters. The molecule has 0 aliphatic carbocycles. The molecule has 1 unspecified atom stereocenters. The standard InChI is InChI=1S/C12H13N3OS/c1-9-3-4-10(13)11(7-9)17(16)8-12-14-5-2-6-15-12/h2-7H,8,13H2,1H3. The summed E-state index contributed by atoms with van der Waals surface area (Å²) in [5.74, 6) is 0.848. The van der Waals surface area contributed by atoms with Crippen LogP contribution in [0.4, 0.5) is 5.69 Å². The number of rotatable bonds is 3. The van der Waals surface area contributed by atoms with E-state index in [1.54, 1.807) is 24.5 Å². The quantitative estimate of drug-likeness (QED) is 0.838. The van der Waals surface area contributed by atoms with Gasteiger partial charge in [0.2, 0.25) is 0 Å². The van der Waals surface area contributed by atoms with E-state index in [9.17, 15) is 4.21 Å². The summed E-state index contributed by atoms with van der Waals surface area (Å²) < 4.78 is 12.1. The van der Waals surface area contributed by atoms with Crippen molar-refractivity contribution in [2.45, 2.75) is 17.6 Å². The zero-order valence-electron chi connectivity index (χ0n) is 9.46. The third-order valence-electron chi connectivity index (χ3n) is 2.29. The van der Waals surface area contributed by atoms with Crippen LogP contribution >= 0.6 is 0 Å². The monoisotopic (exact) mass is 247 g/mol. The predicted octanol–water partition coefficient (Wildman–Crippen LogP) is 1.68. The second-order valence-electron chi connectivity index (χ2n) is 3.70. The van der Waals surface area contributed by atoms with E-state index in [4.69, 9.17) is 5.73 Å². The van der Waals surface area contributed by atoms with Crippen LogP contribution in [0.25, 0.3) is 0 Å². The van der Waals surface area contributed by atoms with Crippen molar-refractivity contribution in [1.82, 2.24) is 9.97 Å². The molecule has 0 fully saturated rings. The minimum Gasteiger partial charge on any atom is -0.398 e. The van der Waals surface area contributed by atoms with E-state index in [1.165, 1.54) is 0 Å². The van der Waals surface area contributed by atoms with Crippen LogP contribution in [0.15, 0.2) is 41.6 Å². The average molecular weight is 247 g/mol. The molecule has 0 saturated heterocycles. The number of nitrogens with zero attached hydrogens (tertiary/aromatic N) is 2. The first-order chi connectivity index (χ1) is 8.16. The summed E-state index contributed by atoms with van der Waals surface area (Å²) in [6, 6.07) is 7.24. The van der Waals surface area contributed by atoms with Gasteiger partial charge in [-0.2, -0.15) is 0 Å². The van der Waals surface area contributed by atoms with E-state index in [-0.39, 0.29) is 5.75 Å². The van der Waals surface area contributed by atoms with Gasteiger partial charge < -0.3 is 5.73 Å². The first kappa shape index (κ1) is 11.7. The van der Waals surface area contributed by atoms with E-state index < -0.39 is 10.8 Å². The van der Waals surface area contributed by atoms with E-state index in [0.29, 0.717) is 16.4 Å². The first-order valence-corrected chi connectivity index (χ1v) is 6.49. The lowest BCUT2D eigenvalue weighted by atomic mass is 10.2. The highest BCUT2D eigenvalue weighted by atomic mass is 32.2. The molecule has 2 N–H and O–H groups in total. The molecule has 0 saturated carbocycles. The molecular weight excluding hydrogens is 234 g/mol. The Bertz CT molecular complexity index is 543. The van der Waals surface area contributed by atoms with Crippen molar-refractivity contribution in [1.29, 1.82) is 0 Å². The Morgan fingerprint density at radius 2 is 2.00 bits per heavy atom. The normalized spacial score (nSPS) is 12.3. The molecule has 1 aromatic carbocycles. The second-order valence-corrected chi connectivity index (χ2v) is 5.12. The lowest BCUT2D eigenvalue weighted by molar-refractivity contribution is 0.681. The molecular formula is C12H13N3OS. The molecule has 5 heteroatoms. The van der Waals surface area contributed by atoms with Crippen LogP contribution in [0.3, 0.4) is 0 Å². The number of anilines is 1. The zero-order valence-corrected chi connectivity index (χ0v) is 10.3. The van der Waals surface area contributed by atoms with Gasteiger partial charge in [-0.25, -0.2) is 9.97 Å². The molecule has 0 aliphatic rings. The van der Waals surface area contributed by atoms with Gasteiger partial charge in [0.1, 0.15) is 5.82 Å². The molecule has 2 rings (SSSR count). The second kappa shape index (κ2) is 5.05. The number of nitrogen functional groups attached to an aromatic ring is 1. The summed E-state index contributed by atoms with van der Waals surface area (Å²) in [5.41, 5.74) is 7.39. The van der Waals surface area contributed by atoms with Crippen molar-refractivity contribution in [3.63, 3.8) is 0 Å². The number of benzene rings is 1. The van der Waals surface area contributed by atoms with Crippen LogP contribution < -0.4 is 5.73 Å². The van der Waals surface area contributed by atoms with Gasteiger partial charge >= 0.3 is 0 Å². The molecule has 2 aromatic rings. The topological polar surface area (TPSA) is 68.9 Å². The fourth-order valence-corrected chi connectivity index (χ4v) is 2.63. The molecule has 0 amide bonds. The van der Waals surface area contributed by atoms with E-state index in [2.05, 4.69) is 9.97 Å². The van der Waals surface area contributed by atoms with Crippen LogP contribution in [-0.4, -0.2) is 14.2 Å². The lowest BCUT2D eigenvalue weighted by Gasteiger charge is -2.06. The predicted molar refractivity (Wildman–Crippen MR) is 67.7 cm³/mol. The van der Waals surface area contributed by atoms with Gasteiger partial charge in [0.25, 0.3) is 0 Å². The van der Waals surface area contributed by atoms with Crippen LogP contribution in [0, 0.1) is 6.92 Å². The molecule has 0 aliphatic heterocycles. The molecule has 1 heterocycles. The maximum absolute atomic E-state index is 12.1. The Morgan fingerprint density at radius 1 is 1.29 bits per heavy atom. The Balaban J connectivity index is 2.23. The summed E-state index contributed by atoms with van der Waals surface area (Å²) in [6.07, 6.45) is 3.28. The summed E-state index contributed by atoms with van der Waals surface area (Å²) in [7, 11) is -1.21. The van der Waals surface area contributed by atoms with Gasteiger partial charge in [0.15, 0.2) is 0 Å². The molecule has 4 nitrogen and oxygen atoms in total. The maximum atomic E-state index is 12.1. The van der Waals surface area contributed by atoms with E-state index in [1.807, 2.05) is 19.1 Å². The molecule has 17 heavy (non-hydrogen) atoms. The summed E-state index contributed by atoms with van der Waals surface area (Å²) in [4.78, 5) is 8.75. The van der Waals surface area contributed by atoms with E-state index in [0.717, 1.165) is 5.56 Å². The maximum Gasteiger partial charge on any atom is 0.141 e. The summed E-state index contributed by atoms with van der Waals surface area (Å²) in [6.45, 7) is 1.94. The van der Waals surface area contributed by atoms with E-state index >= 15 is 0 Å². The largest absolute Gasteiger partial charge is 0.398 e. The van der Waals surface area contributed by atoms with Gasteiger partial charge in [-0.3, -0.25) is 4.21 Å². The number of hydrogen-bond donors (Lipinski definition) is 1. The summed E-state index contributed by atoms with van der Waals surface area (Å²) >= 11 is 0. The SMILES string of the molecule is Cc1ccc(N)c(S(=O)Cc2ncccn2)c1. The van der Waals surface area contributed by atoms with Crippen LogP contribution in [-0.2, 0) is 16.6 Å². The molecule has 88 valence electrons. The van der Waals surface area contributed by atoms with Gasteiger partial charge in [-0.05, 0) is 30.7 Å². The van der Waals surface area contributed by atoms with Crippen LogP contribution in [0.1, 0.15) is 11.4 Å². The third-order valence-corrected chi connectivity index (χ3v) is 3.66. The molecule has 1 aromatic heterocycles. The van der Waals surface area contributed by atoms with Crippen molar-refractivity contribution < 1.29 is 4.21 Å². The summed E-state index contributed by atoms with van der Waals surface area (Å²) in [5, 5.41) is 0. The minimum absolute atomic E-state index is 0.286. The number of aromatic nitrogens is 2. The van der Waals surface area contributed by atoms with Gasteiger partial charge in [-0.1, -0.05) is 6.07 Å². The van der Waals surface area contributed by atoms with Gasteiger partial charge in [0.05, 0.1) is 21.4 Å². The zero-order chi connectivity index (χ0) is 12.3. The van der Waals surface area contributed by atoms with Crippen molar-refractivity contribution in [2.75, 3.05) is 5.73 Å². The lowest BCUT2D eigenvalue weighted by Crippen LogP contribution is -2.04. The fraction of sp³-hybridized carbons (Fsp3) is 0.167. The van der Waals surface area contributed by atoms with Crippen molar-refractivity contribution in [2.24, 2.45) is 0 Å². The Kier molecular flexibility index (Phi) is 3.49. The number of hydrogen-bond acceptors (Lipinski definition) is 4. The highest BCUT2D eigenvalue weighted by Gasteiger charge is 2.10. The molecule has 0 bridgehead atoms. The van der Waals surface area contributed by atoms with Crippen molar-refractivity contribution in [3.8, 4) is 0 Å². The third kappa shape index (κ3) is 2.88. The van der Waals surface area contributed by atoms with Crippen molar-refractivity contribution >= 4 is 16.5 Å². The first-order valence-electron chi connectivity index (χ1n) is 5.17. The fourth-order valence-electron chi connectivity index (χ4n) is 1.44. The van der Waals surface area contributed by atoms with Crippen LogP contribution in [0.2, 0.25) is 0 Å². The number of nitrogens with two attached hydrogens (primary N) is 1. The van der Waals surface area contributed by atoms with Gasteiger partial charge in [0, 0.05) is 18.1 Å². The van der Waals surface area contributed by atoms with Crippen LogP contribution in [0.5, 0.6) is 0 Å².